The SMILES string of the molecule is CNC1(N(C)C(=O)c2[nH]cc(-c3nnc(Cc4ccc(F)cc4F)s3)c(=O)c2O)CCC(C)(CO)CC1. The van der Waals surface area contributed by atoms with Crippen LogP contribution in [0.15, 0.2) is 29.2 Å². The Morgan fingerprint density at radius 2 is 1.95 bits per heavy atom. The van der Waals surface area contributed by atoms with Crippen LogP contribution in [0.25, 0.3) is 10.6 Å². The summed E-state index contributed by atoms with van der Waals surface area (Å²) in [5, 5.41) is 32.1. The number of aliphatic hydroxyl groups is 1. The van der Waals surface area contributed by atoms with Gasteiger partial charge in [-0.3, -0.25) is 14.9 Å². The second-order valence-electron chi connectivity index (χ2n) is 9.78. The van der Waals surface area contributed by atoms with Gasteiger partial charge >= 0.3 is 0 Å². The summed E-state index contributed by atoms with van der Waals surface area (Å²) < 4.78 is 27.1. The highest BCUT2D eigenvalue weighted by Gasteiger charge is 2.44. The number of aromatic nitrogens is 3. The zero-order valence-electron chi connectivity index (χ0n) is 20.8. The molecule has 1 fully saturated rings. The zero-order chi connectivity index (χ0) is 27.0. The van der Waals surface area contributed by atoms with E-state index in [0.29, 0.717) is 30.7 Å². The second-order valence-corrected chi connectivity index (χ2v) is 10.8. The third-order valence-electron chi connectivity index (χ3n) is 7.40. The van der Waals surface area contributed by atoms with Crippen molar-refractivity contribution in [1.82, 2.24) is 25.4 Å². The van der Waals surface area contributed by atoms with Gasteiger partial charge in [0.15, 0.2) is 16.5 Å². The maximum absolute atomic E-state index is 14.0. The van der Waals surface area contributed by atoms with Crippen molar-refractivity contribution in [2.75, 3.05) is 20.7 Å². The van der Waals surface area contributed by atoms with Crippen molar-refractivity contribution < 1.29 is 23.8 Å². The molecule has 1 aliphatic carbocycles. The van der Waals surface area contributed by atoms with E-state index in [-0.39, 0.29) is 40.3 Å². The fourth-order valence-corrected chi connectivity index (χ4v) is 5.52. The topological polar surface area (TPSA) is 131 Å². The quantitative estimate of drug-likeness (QED) is 0.343. The summed E-state index contributed by atoms with van der Waals surface area (Å²) in [5.74, 6) is -2.70. The number of halogens is 2. The average Bonchev–Trinajstić information content (AvgIpc) is 3.35. The van der Waals surface area contributed by atoms with Crippen LogP contribution < -0.4 is 10.7 Å². The molecule has 0 bridgehead atoms. The fraction of sp³-hybridized carbons (Fsp3) is 0.440. The molecule has 3 aromatic rings. The Balaban J connectivity index is 1.56. The molecule has 198 valence electrons. The van der Waals surface area contributed by atoms with E-state index in [1.165, 1.54) is 17.2 Å². The molecule has 9 nitrogen and oxygen atoms in total. The van der Waals surface area contributed by atoms with Crippen LogP contribution in [0.3, 0.4) is 0 Å². The number of amides is 1. The summed E-state index contributed by atoms with van der Waals surface area (Å²) in [4.78, 5) is 30.5. The van der Waals surface area contributed by atoms with E-state index in [9.17, 15) is 28.6 Å². The van der Waals surface area contributed by atoms with Crippen LogP contribution >= 0.6 is 11.3 Å². The lowest BCUT2D eigenvalue weighted by Crippen LogP contribution is -2.61. The molecule has 2 heterocycles. The predicted molar refractivity (Wildman–Crippen MR) is 134 cm³/mol. The minimum atomic E-state index is -0.791. The number of aromatic hydroxyl groups is 1. The molecular weight excluding hydrogens is 504 g/mol. The minimum Gasteiger partial charge on any atom is -0.503 e. The number of rotatable bonds is 7. The number of aliphatic hydroxyl groups excluding tert-OH is 1. The smallest absolute Gasteiger partial charge is 0.275 e. The van der Waals surface area contributed by atoms with Gasteiger partial charge in [-0.15, -0.1) is 10.2 Å². The summed E-state index contributed by atoms with van der Waals surface area (Å²) in [6.45, 7) is 2.07. The Morgan fingerprint density at radius 1 is 1.24 bits per heavy atom. The first-order valence-electron chi connectivity index (χ1n) is 11.8. The molecule has 0 saturated heterocycles. The van der Waals surface area contributed by atoms with Crippen LogP contribution in [0.4, 0.5) is 8.78 Å². The number of hydrogen-bond donors (Lipinski definition) is 4. The number of benzene rings is 1. The number of carbonyl (C=O) groups is 1. The van der Waals surface area contributed by atoms with Crippen molar-refractivity contribution in [2.45, 2.75) is 44.7 Å². The molecular formula is C25H29F2N5O4S. The Morgan fingerprint density at radius 3 is 2.57 bits per heavy atom. The summed E-state index contributed by atoms with van der Waals surface area (Å²) in [6, 6.07) is 3.24. The number of carbonyl (C=O) groups excluding carboxylic acids is 1. The maximum atomic E-state index is 14.0. The molecule has 4 rings (SSSR count). The van der Waals surface area contributed by atoms with Crippen LogP contribution in [0, 0.1) is 17.0 Å². The molecule has 1 saturated carbocycles. The zero-order valence-corrected chi connectivity index (χ0v) is 21.6. The van der Waals surface area contributed by atoms with Crippen molar-refractivity contribution in [2.24, 2.45) is 5.41 Å². The van der Waals surface area contributed by atoms with E-state index in [4.69, 9.17) is 0 Å². The van der Waals surface area contributed by atoms with Gasteiger partial charge in [-0.2, -0.15) is 0 Å². The first-order valence-corrected chi connectivity index (χ1v) is 12.6. The van der Waals surface area contributed by atoms with Crippen molar-refractivity contribution >= 4 is 17.2 Å². The summed E-state index contributed by atoms with van der Waals surface area (Å²) in [7, 11) is 3.36. The lowest BCUT2D eigenvalue weighted by molar-refractivity contribution is -0.00563. The van der Waals surface area contributed by atoms with Crippen LogP contribution in [-0.2, 0) is 6.42 Å². The number of nitrogens with zero attached hydrogens (tertiary/aromatic N) is 3. The number of H-pyrrole nitrogens is 1. The second kappa shape index (κ2) is 10.3. The van der Waals surface area contributed by atoms with Crippen LogP contribution in [-0.4, -0.2) is 62.6 Å². The monoisotopic (exact) mass is 533 g/mol. The number of hydrogen-bond acceptors (Lipinski definition) is 8. The molecule has 0 radical (unpaired) electrons. The highest BCUT2D eigenvalue weighted by Crippen LogP contribution is 2.42. The summed E-state index contributed by atoms with van der Waals surface area (Å²) >= 11 is 1.03. The van der Waals surface area contributed by atoms with E-state index in [0.717, 1.165) is 23.5 Å². The first-order chi connectivity index (χ1) is 17.5. The molecule has 37 heavy (non-hydrogen) atoms. The van der Waals surface area contributed by atoms with Gasteiger partial charge in [0, 0.05) is 32.3 Å². The van der Waals surface area contributed by atoms with Crippen molar-refractivity contribution in [3.63, 3.8) is 0 Å². The highest BCUT2D eigenvalue weighted by atomic mass is 32.1. The van der Waals surface area contributed by atoms with Gasteiger partial charge in [-0.25, -0.2) is 8.78 Å². The largest absolute Gasteiger partial charge is 0.503 e. The van der Waals surface area contributed by atoms with Crippen LogP contribution in [0.1, 0.15) is 53.7 Å². The van der Waals surface area contributed by atoms with Gasteiger partial charge in [0.05, 0.1) is 11.2 Å². The van der Waals surface area contributed by atoms with Crippen LogP contribution in [0.5, 0.6) is 5.75 Å². The molecule has 0 spiro atoms. The molecule has 0 aliphatic heterocycles. The molecule has 1 aliphatic rings. The van der Waals surface area contributed by atoms with Crippen molar-refractivity contribution in [3.05, 3.63) is 62.5 Å². The molecule has 2 aromatic heterocycles. The van der Waals surface area contributed by atoms with Crippen molar-refractivity contribution in [1.29, 1.82) is 0 Å². The van der Waals surface area contributed by atoms with Gasteiger partial charge in [-0.05, 0) is 49.8 Å². The number of pyridine rings is 1. The molecule has 1 aromatic carbocycles. The van der Waals surface area contributed by atoms with Gasteiger partial charge in [0.1, 0.15) is 16.6 Å². The Labute approximate surface area is 216 Å². The molecule has 1 amide bonds. The van der Waals surface area contributed by atoms with Gasteiger partial charge in [-0.1, -0.05) is 24.3 Å². The molecule has 4 N–H and O–H groups in total. The fourth-order valence-electron chi connectivity index (χ4n) is 4.64. The summed E-state index contributed by atoms with van der Waals surface area (Å²) in [5.41, 5.74) is -1.71. The van der Waals surface area contributed by atoms with Gasteiger partial charge < -0.3 is 20.1 Å². The maximum Gasteiger partial charge on any atom is 0.275 e. The van der Waals surface area contributed by atoms with E-state index in [1.807, 2.05) is 6.92 Å². The third kappa shape index (κ3) is 5.13. The Hall–Kier alpha value is -3.22. The Bertz CT molecular complexity index is 1370. The van der Waals surface area contributed by atoms with E-state index in [2.05, 4.69) is 20.5 Å². The standard InChI is InChI=1S/C25H29F2N5O4S/c1-24(13-33)6-8-25(28-2,9-7-24)32(3)23(36)19-21(35)20(34)16(12-29-19)22-31-30-18(37-22)10-14-4-5-15(26)11-17(14)27/h4-5,11-12,28,33,35H,6-10,13H2,1-3H3,(H,29,34). The lowest BCUT2D eigenvalue weighted by atomic mass is 9.71. The average molecular weight is 534 g/mol. The normalized spacial score (nSPS) is 21.7. The van der Waals surface area contributed by atoms with Crippen LogP contribution in [0.2, 0.25) is 0 Å². The molecule has 0 unspecified atom stereocenters. The van der Waals surface area contributed by atoms with Gasteiger partial charge in [0.2, 0.25) is 5.43 Å². The van der Waals surface area contributed by atoms with Crippen molar-refractivity contribution in [3.8, 4) is 16.3 Å². The molecule has 0 atom stereocenters. The first kappa shape index (κ1) is 26.8. The Kier molecular flexibility index (Phi) is 7.45. The minimum absolute atomic E-state index is 0.0136. The highest BCUT2D eigenvalue weighted by molar-refractivity contribution is 7.14. The van der Waals surface area contributed by atoms with Gasteiger partial charge in [0.25, 0.3) is 5.91 Å². The molecule has 12 heteroatoms. The van der Waals surface area contributed by atoms with E-state index < -0.39 is 34.4 Å². The predicted octanol–water partition coefficient (Wildman–Crippen LogP) is 3.03. The lowest BCUT2D eigenvalue weighted by Gasteiger charge is -2.49. The summed E-state index contributed by atoms with van der Waals surface area (Å²) in [6.07, 6.45) is 3.93. The number of nitrogens with one attached hydrogen (secondary N) is 2. The third-order valence-corrected chi connectivity index (χ3v) is 8.36. The van der Waals surface area contributed by atoms with E-state index in [1.54, 1.807) is 14.1 Å². The number of aromatic amines is 1. The van der Waals surface area contributed by atoms with E-state index >= 15 is 0 Å².